The lowest BCUT2D eigenvalue weighted by Crippen LogP contribution is -2.46. The summed E-state index contributed by atoms with van der Waals surface area (Å²) in [5.74, 6) is 0.654. The van der Waals surface area contributed by atoms with Crippen molar-refractivity contribution in [3.8, 4) is 6.07 Å². The zero-order chi connectivity index (χ0) is 20.5. The smallest absolute Gasteiger partial charge is 0.396 e. The fourth-order valence-corrected chi connectivity index (χ4v) is 4.81. The number of rotatable bonds is 4. The van der Waals surface area contributed by atoms with Crippen LogP contribution in [0, 0.1) is 28.6 Å². The molecular weight excluding hydrogens is 367 g/mol. The summed E-state index contributed by atoms with van der Waals surface area (Å²) in [7, 11) is 0. The maximum atomic E-state index is 13.3. The van der Waals surface area contributed by atoms with Crippen molar-refractivity contribution in [2.45, 2.75) is 32.9 Å². The molecule has 1 aromatic rings. The summed E-state index contributed by atoms with van der Waals surface area (Å²) in [4.78, 5) is 4.39. The summed E-state index contributed by atoms with van der Waals surface area (Å²) in [6.45, 7) is 8.61. The van der Waals surface area contributed by atoms with E-state index in [1.165, 1.54) is 6.07 Å². The second kappa shape index (κ2) is 7.92. The van der Waals surface area contributed by atoms with Crippen LogP contribution in [-0.4, -0.2) is 49.3 Å². The van der Waals surface area contributed by atoms with Gasteiger partial charge in [0.2, 0.25) is 0 Å². The first-order chi connectivity index (χ1) is 13.2. The van der Waals surface area contributed by atoms with Crippen LogP contribution < -0.4 is 4.90 Å². The van der Waals surface area contributed by atoms with Crippen molar-refractivity contribution in [2.24, 2.45) is 17.3 Å². The highest BCUT2D eigenvalue weighted by molar-refractivity contribution is 5.56. The molecule has 3 rings (SSSR count). The molecule has 0 bridgehead atoms. The van der Waals surface area contributed by atoms with E-state index in [4.69, 9.17) is 5.26 Å². The Balaban J connectivity index is 1.80. The standard InChI is InChI=1S/C21H28F3N3O/c1-15(2)11-26-7-5-20(6-8-26)14-27(12-17(20)13-28)18-4-3-16(10-25)19(9-18)21(22,23)24/h3-4,9,15,17,28H,5-8,11-14H2,1-2H3. The Morgan fingerprint density at radius 3 is 2.50 bits per heavy atom. The number of halogens is 3. The van der Waals surface area contributed by atoms with Crippen LogP contribution in [-0.2, 0) is 6.18 Å². The van der Waals surface area contributed by atoms with Gasteiger partial charge in [-0.15, -0.1) is 0 Å². The minimum atomic E-state index is -4.56. The summed E-state index contributed by atoms with van der Waals surface area (Å²) in [6, 6.07) is 5.56. The summed E-state index contributed by atoms with van der Waals surface area (Å²) < 4.78 is 40.0. The molecule has 1 N–H and O–H groups in total. The molecular formula is C21H28F3N3O. The Kier molecular flexibility index (Phi) is 5.92. The Hall–Kier alpha value is -1.78. The number of anilines is 1. The minimum Gasteiger partial charge on any atom is -0.396 e. The molecule has 0 saturated carbocycles. The van der Waals surface area contributed by atoms with Gasteiger partial charge in [-0.25, -0.2) is 0 Å². The molecule has 0 aromatic heterocycles. The SMILES string of the molecule is CC(C)CN1CCC2(CC1)CN(c1ccc(C#N)c(C(F)(F)F)c1)CC2CO. The third kappa shape index (κ3) is 4.13. The maximum absolute atomic E-state index is 13.3. The molecule has 0 amide bonds. The van der Waals surface area contributed by atoms with Crippen molar-refractivity contribution in [2.75, 3.05) is 44.2 Å². The van der Waals surface area contributed by atoms with Gasteiger partial charge in [-0.05, 0) is 55.5 Å². The average Bonchev–Trinajstić information content (AvgIpc) is 3.00. The summed E-state index contributed by atoms with van der Waals surface area (Å²) in [5.41, 5.74) is -0.827. The second-order valence-corrected chi connectivity index (χ2v) is 8.66. The second-order valence-electron chi connectivity index (χ2n) is 8.66. The highest BCUT2D eigenvalue weighted by Crippen LogP contribution is 2.46. The predicted octanol–water partition coefficient (Wildman–Crippen LogP) is 3.74. The van der Waals surface area contributed by atoms with Gasteiger partial charge >= 0.3 is 6.18 Å². The average molecular weight is 395 g/mol. The first-order valence-corrected chi connectivity index (χ1v) is 9.88. The molecule has 2 saturated heterocycles. The molecule has 2 heterocycles. The molecule has 1 atom stereocenters. The van der Waals surface area contributed by atoms with Gasteiger partial charge in [0.25, 0.3) is 0 Å². The normalized spacial score (nSPS) is 22.8. The van der Waals surface area contributed by atoms with E-state index >= 15 is 0 Å². The van der Waals surface area contributed by atoms with E-state index < -0.39 is 11.7 Å². The van der Waals surface area contributed by atoms with E-state index in [0.29, 0.717) is 24.7 Å². The lowest BCUT2D eigenvalue weighted by Gasteiger charge is -2.42. The third-order valence-electron chi connectivity index (χ3n) is 6.30. The topological polar surface area (TPSA) is 50.5 Å². The van der Waals surface area contributed by atoms with Crippen LogP contribution in [0.25, 0.3) is 0 Å². The molecule has 0 aliphatic carbocycles. The lowest BCUT2D eigenvalue weighted by atomic mass is 9.71. The fraction of sp³-hybridized carbons (Fsp3) is 0.667. The van der Waals surface area contributed by atoms with Gasteiger partial charge in [0.1, 0.15) is 0 Å². The maximum Gasteiger partial charge on any atom is 0.417 e. The highest BCUT2D eigenvalue weighted by Gasteiger charge is 2.48. The van der Waals surface area contributed by atoms with E-state index in [0.717, 1.165) is 38.5 Å². The molecule has 1 unspecified atom stereocenters. The van der Waals surface area contributed by atoms with Gasteiger partial charge in [-0.1, -0.05) is 13.8 Å². The van der Waals surface area contributed by atoms with Crippen LogP contribution in [0.5, 0.6) is 0 Å². The van der Waals surface area contributed by atoms with Crippen molar-refractivity contribution < 1.29 is 18.3 Å². The van der Waals surface area contributed by atoms with Gasteiger partial charge in [-0.3, -0.25) is 0 Å². The van der Waals surface area contributed by atoms with Gasteiger partial charge in [0.05, 0.1) is 17.2 Å². The van der Waals surface area contributed by atoms with E-state index in [9.17, 15) is 18.3 Å². The number of nitrogens with zero attached hydrogens (tertiary/aromatic N) is 3. The molecule has 154 valence electrons. The Labute approximate surface area is 164 Å². The van der Waals surface area contributed by atoms with Crippen LogP contribution in [0.3, 0.4) is 0 Å². The first kappa shape index (κ1) is 20.9. The van der Waals surface area contributed by atoms with Crippen LogP contribution in [0.2, 0.25) is 0 Å². The van der Waals surface area contributed by atoms with Gasteiger partial charge < -0.3 is 14.9 Å². The molecule has 1 spiro atoms. The number of hydrogen-bond donors (Lipinski definition) is 1. The quantitative estimate of drug-likeness (QED) is 0.844. The van der Waals surface area contributed by atoms with Crippen molar-refractivity contribution in [1.82, 2.24) is 4.90 Å². The predicted molar refractivity (Wildman–Crippen MR) is 102 cm³/mol. The number of alkyl halides is 3. The van der Waals surface area contributed by atoms with Crippen LogP contribution >= 0.6 is 0 Å². The lowest BCUT2D eigenvalue weighted by molar-refractivity contribution is -0.137. The summed E-state index contributed by atoms with van der Waals surface area (Å²) >= 11 is 0. The van der Waals surface area contributed by atoms with Crippen molar-refractivity contribution in [3.63, 3.8) is 0 Å². The van der Waals surface area contributed by atoms with Gasteiger partial charge in [0, 0.05) is 37.8 Å². The Morgan fingerprint density at radius 1 is 1.29 bits per heavy atom. The van der Waals surface area contributed by atoms with Crippen molar-refractivity contribution in [1.29, 1.82) is 5.26 Å². The molecule has 2 aliphatic rings. The molecule has 1 aromatic carbocycles. The number of hydrogen-bond acceptors (Lipinski definition) is 4. The van der Waals surface area contributed by atoms with E-state index in [2.05, 4.69) is 18.7 Å². The summed E-state index contributed by atoms with van der Waals surface area (Å²) in [6.07, 6.45) is -2.66. The molecule has 7 heteroatoms. The number of likely N-dealkylation sites (tertiary alicyclic amines) is 1. The highest BCUT2D eigenvalue weighted by atomic mass is 19.4. The number of piperidine rings is 1. The summed E-state index contributed by atoms with van der Waals surface area (Å²) in [5, 5.41) is 19.0. The third-order valence-corrected chi connectivity index (χ3v) is 6.30. The molecule has 0 radical (unpaired) electrons. The Bertz CT molecular complexity index is 733. The number of aliphatic hydroxyl groups is 1. The number of aliphatic hydroxyl groups excluding tert-OH is 1. The van der Waals surface area contributed by atoms with E-state index in [1.807, 2.05) is 4.90 Å². The first-order valence-electron chi connectivity index (χ1n) is 9.88. The minimum absolute atomic E-state index is 0.0447. The van der Waals surface area contributed by atoms with Crippen LogP contribution in [0.15, 0.2) is 18.2 Å². The van der Waals surface area contributed by atoms with Crippen LogP contribution in [0.4, 0.5) is 18.9 Å². The zero-order valence-corrected chi connectivity index (χ0v) is 16.5. The number of nitriles is 1. The van der Waals surface area contributed by atoms with E-state index in [-0.39, 0.29) is 23.5 Å². The van der Waals surface area contributed by atoms with Crippen LogP contribution in [0.1, 0.15) is 37.8 Å². The van der Waals surface area contributed by atoms with E-state index in [1.54, 1.807) is 12.1 Å². The van der Waals surface area contributed by atoms with Crippen molar-refractivity contribution >= 4 is 5.69 Å². The molecule has 2 aliphatic heterocycles. The molecule has 28 heavy (non-hydrogen) atoms. The van der Waals surface area contributed by atoms with Gasteiger partial charge in [0.15, 0.2) is 0 Å². The van der Waals surface area contributed by atoms with Crippen molar-refractivity contribution in [3.05, 3.63) is 29.3 Å². The zero-order valence-electron chi connectivity index (χ0n) is 16.5. The number of benzene rings is 1. The Morgan fingerprint density at radius 2 is 1.96 bits per heavy atom. The molecule has 4 nitrogen and oxygen atoms in total. The fourth-order valence-electron chi connectivity index (χ4n) is 4.81. The molecule has 2 fully saturated rings. The largest absolute Gasteiger partial charge is 0.417 e. The van der Waals surface area contributed by atoms with Gasteiger partial charge in [-0.2, -0.15) is 18.4 Å². The monoisotopic (exact) mass is 395 g/mol.